The summed E-state index contributed by atoms with van der Waals surface area (Å²) in [6.45, 7) is 3.67. The largest absolute Gasteiger partial charge is 0.385 e. The highest BCUT2D eigenvalue weighted by molar-refractivity contribution is 7.80. The fraction of sp³-hybridized carbons (Fsp3) is 0.304. The van der Waals surface area contributed by atoms with Gasteiger partial charge in [-0.05, 0) is 62.0 Å². The topological polar surface area (TPSA) is 42.3 Å². The van der Waals surface area contributed by atoms with E-state index < -0.39 is 0 Å². The van der Waals surface area contributed by atoms with E-state index in [0.717, 1.165) is 29.5 Å². The highest BCUT2D eigenvalue weighted by Gasteiger charge is 2.41. The Morgan fingerprint density at radius 2 is 1.86 bits per heavy atom. The van der Waals surface area contributed by atoms with Gasteiger partial charge in [0.15, 0.2) is 5.11 Å². The lowest BCUT2D eigenvalue weighted by atomic mass is 10.0. The zero-order valence-electron chi connectivity index (χ0n) is 16.8. The summed E-state index contributed by atoms with van der Waals surface area (Å²) in [5.41, 5.74) is 4.54. The molecule has 150 valence electrons. The van der Waals surface area contributed by atoms with E-state index in [0.29, 0.717) is 6.61 Å². The van der Waals surface area contributed by atoms with E-state index in [1.165, 1.54) is 11.4 Å². The second kappa shape index (κ2) is 8.76. The third kappa shape index (κ3) is 3.91. The lowest BCUT2D eigenvalue weighted by Crippen LogP contribution is -2.32. The summed E-state index contributed by atoms with van der Waals surface area (Å²) in [5.74, 6) is 0. The van der Waals surface area contributed by atoms with Gasteiger partial charge in [0, 0.05) is 43.5 Å². The first-order valence-corrected chi connectivity index (χ1v) is 10.3. The highest BCUT2D eigenvalue weighted by Crippen LogP contribution is 2.40. The van der Waals surface area contributed by atoms with Crippen LogP contribution in [0.15, 0.2) is 66.9 Å². The predicted octanol–water partition coefficient (Wildman–Crippen LogP) is 4.19. The third-order valence-corrected chi connectivity index (χ3v) is 5.72. The van der Waals surface area contributed by atoms with Gasteiger partial charge >= 0.3 is 0 Å². The van der Waals surface area contributed by atoms with E-state index in [2.05, 4.69) is 69.2 Å². The molecule has 0 amide bonds. The molecule has 5 nitrogen and oxygen atoms in total. The number of thiocarbonyl (C=S) groups is 1. The Hall–Kier alpha value is -2.70. The third-order valence-electron chi connectivity index (χ3n) is 5.37. The van der Waals surface area contributed by atoms with Crippen molar-refractivity contribution in [2.24, 2.45) is 0 Å². The standard InChI is InChI=1S/C23H26N4OS/c1-17-12-13-20(27(17)18-9-4-3-5-10-18)22-21(19-11-6-7-14-24-19)25-23(29)26(22)15-8-16-28-2/h3-7,9-14,21-22H,8,15-16H2,1-2H3,(H,25,29)/t21-,22+/m0/s1. The maximum atomic E-state index is 5.75. The summed E-state index contributed by atoms with van der Waals surface area (Å²) in [6.07, 6.45) is 2.75. The highest BCUT2D eigenvalue weighted by atomic mass is 32.1. The first-order chi connectivity index (χ1) is 14.2. The van der Waals surface area contributed by atoms with Crippen molar-refractivity contribution < 1.29 is 4.74 Å². The number of nitrogens with zero attached hydrogens (tertiary/aromatic N) is 3. The van der Waals surface area contributed by atoms with Crippen molar-refractivity contribution in [3.8, 4) is 5.69 Å². The monoisotopic (exact) mass is 406 g/mol. The first kappa shape index (κ1) is 19.6. The quantitative estimate of drug-likeness (QED) is 0.471. The molecule has 0 aliphatic carbocycles. The number of benzene rings is 1. The summed E-state index contributed by atoms with van der Waals surface area (Å²) in [5, 5.41) is 4.29. The van der Waals surface area contributed by atoms with E-state index >= 15 is 0 Å². The van der Waals surface area contributed by atoms with Crippen molar-refractivity contribution in [1.82, 2.24) is 19.8 Å². The van der Waals surface area contributed by atoms with Crippen molar-refractivity contribution in [2.45, 2.75) is 25.4 Å². The van der Waals surface area contributed by atoms with Crippen molar-refractivity contribution in [3.05, 3.63) is 83.9 Å². The van der Waals surface area contributed by atoms with Gasteiger partial charge in [-0.1, -0.05) is 24.3 Å². The molecule has 1 aliphatic rings. The number of ether oxygens (including phenoxy) is 1. The molecule has 2 aromatic heterocycles. The SMILES string of the molecule is COCCCN1C(=S)N[C@@H](c2ccccn2)[C@H]1c1ccc(C)n1-c1ccccc1. The normalized spacial score (nSPS) is 18.8. The van der Waals surface area contributed by atoms with Crippen molar-refractivity contribution in [1.29, 1.82) is 0 Å². The van der Waals surface area contributed by atoms with E-state index in [-0.39, 0.29) is 12.1 Å². The second-order valence-electron chi connectivity index (χ2n) is 7.24. The molecule has 4 rings (SSSR count). The van der Waals surface area contributed by atoms with E-state index in [1.54, 1.807) is 7.11 Å². The Kier molecular flexibility index (Phi) is 5.92. The van der Waals surface area contributed by atoms with Crippen LogP contribution in [0.4, 0.5) is 0 Å². The molecule has 1 saturated heterocycles. The number of methoxy groups -OCH3 is 1. The van der Waals surface area contributed by atoms with Crippen molar-refractivity contribution in [3.63, 3.8) is 0 Å². The Labute approximate surface area is 177 Å². The Balaban J connectivity index is 1.79. The molecule has 0 unspecified atom stereocenters. The summed E-state index contributed by atoms with van der Waals surface area (Å²) in [6, 6.07) is 20.9. The van der Waals surface area contributed by atoms with Gasteiger partial charge in [0.2, 0.25) is 0 Å². The minimum Gasteiger partial charge on any atom is -0.385 e. The van der Waals surface area contributed by atoms with Gasteiger partial charge in [0.05, 0.1) is 17.8 Å². The maximum absolute atomic E-state index is 5.75. The van der Waals surface area contributed by atoms with Crippen LogP contribution in [0, 0.1) is 6.92 Å². The van der Waals surface area contributed by atoms with Crippen molar-refractivity contribution in [2.75, 3.05) is 20.3 Å². The van der Waals surface area contributed by atoms with Crippen LogP contribution >= 0.6 is 12.2 Å². The van der Waals surface area contributed by atoms with Gasteiger partial charge in [0.25, 0.3) is 0 Å². The molecule has 3 heterocycles. The van der Waals surface area contributed by atoms with Crippen LogP contribution in [-0.4, -0.2) is 39.8 Å². The molecule has 6 heteroatoms. The summed E-state index contributed by atoms with van der Waals surface area (Å²) in [7, 11) is 1.73. The molecular formula is C23H26N4OS. The van der Waals surface area contributed by atoms with Gasteiger partial charge in [-0.3, -0.25) is 4.98 Å². The fourth-order valence-electron chi connectivity index (χ4n) is 4.07. The Morgan fingerprint density at radius 1 is 1.07 bits per heavy atom. The van der Waals surface area contributed by atoms with Crippen LogP contribution in [0.5, 0.6) is 0 Å². The van der Waals surface area contributed by atoms with E-state index in [4.69, 9.17) is 17.0 Å². The zero-order valence-corrected chi connectivity index (χ0v) is 17.6. The van der Waals surface area contributed by atoms with Crippen molar-refractivity contribution >= 4 is 17.3 Å². The molecule has 0 radical (unpaired) electrons. The van der Waals surface area contributed by atoms with E-state index in [9.17, 15) is 0 Å². The molecule has 0 bridgehead atoms. The average molecular weight is 407 g/mol. The van der Waals surface area contributed by atoms with Gasteiger partial charge in [0.1, 0.15) is 0 Å². The smallest absolute Gasteiger partial charge is 0.170 e. The fourth-order valence-corrected chi connectivity index (χ4v) is 4.40. The minimum atomic E-state index is -0.0111. The van der Waals surface area contributed by atoms with Crippen LogP contribution in [0.3, 0.4) is 0 Å². The minimum absolute atomic E-state index is 0.0111. The molecule has 3 aromatic rings. The molecule has 1 aliphatic heterocycles. The number of hydrogen-bond acceptors (Lipinski definition) is 3. The molecule has 1 N–H and O–H groups in total. The van der Waals surface area contributed by atoms with E-state index in [1.807, 2.05) is 24.4 Å². The van der Waals surface area contributed by atoms with Crippen LogP contribution in [-0.2, 0) is 4.74 Å². The molecule has 0 spiro atoms. The molecule has 0 saturated carbocycles. The molecule has 29 heavy (non-hydrogen) atoms. The van der Waals surface area contributed by atoms with Gasteiger partial charge < -0.3 is 19.5 Å². The van der Waals surface area contributed by atoms with Gasteiger partial charge in [-0.2, -0.15) is 0 Å². The van der Waals surface area contributed by atoms with Gasteiger partial charge in [-0.25, -0.2) is 0 Å². The number of para-hydroxylation sites is 1. The Morgan fingerprint density at radius 3 is 2.59 bits per heavy atom. The van der Waals surface area contributed by atoms with Crippen LogP contribution in [0.25, 0.3) is 5.69 Å². The summed E-state index contributed by atoms with van der Waals surface area (Å²) >= 11 is 5.75. The number of pyridine rings is 1. The van der Waals surface area contributed by atoms with Crippen LogP contribution in [0.2, 0.25) is 0 Å². The number of rotatable bonds is 7. The Bertz CT molecular complexity index is 958. The second-order valence-corrected chi connectivity index (χ2v) is 7.62. The molecular weight excluding hydrogens is 380 g/mol. The zero-order chi connectivity index (χ0) is 20.2. The number of hydrogen-bond donors (Lipinski definition) is 1. The average Bonchev–Trinajstić information content (AvgIpc) is 3.29. The number of nitrogens with one attached hydrogen (secondary N) is 1. The maximum Gasteiger partial charge on any atom is 0.170 e. The summed E-state index contributed by atoms with van der Waals surface area (Å²) < 4.78 is 7.60. The molecule has 2 atom stereocenters. The molecule has 1 fully saturated rings. The number of aromatic nitrogens is 2. The number of aryl methyl sites for hydroxylation is 1. The molecule has 1 aromatic carbocycles. The van der Waals surface area contributed by atoms with Crippen LogP contribution < -0.4 is 5.32 Å². The van der Waals surface area contributed by atoms with Gasteiger partial charge in [-0.15, -0.1) is 0 Å². The summed E-state index contributed by atoms with van der Waals surface area (Å²) in [4.78, 5) is 6.91. The van der Waals surface area contributed by atoms with Crippen LogP contribution in [0.1, 0.15) is 35.6 Å². The first-order valence-electron chi connectivity index (χ1n) is 9.91. The predicted molar refractivity (Wildman–Crippen MR) is 119 cm³/mol. The lowest BCUT2D eigenvalue weighted by Gasteiger charge is -2.29. The lowest BCUT2D eigenvalue weighted by molar-refractivity contribution is 0.180.